The summed E-state index contributed by atoms with van der Waals surface area (Å²) >= 11 is 0. The minimum Gasteiger partial charge on any atom is -0.444 e. The molecule has 1 amide bonds. The molecule has 0 aliphatic carbocycles. The first kappa shape index (κ1) is 24.8. The van der Waals surface area contributed by atoms with Crippen molar-refractivity contribution in [2.75, 3.05) is 13.1 Å². The lowest BCUT2D eigenvalue weighted by molar-refractivity contribution is 0.0266. The molecular weight excluding hydrogens is 424 g/mol. The summed E-state index contributed by atoms with van der Waals surface area (Å²) in [5.41, 5.74) is 4.06. The minimum atomic E-state index is -0.514. The first-order valence-electron chi connectivity index (χ1n) is 11.3. The highest BCUT2D eigenvalue weighted by atomic mass is 16.6. The third-order valence-electron chi connectivity index (χ3n) is 5.10. The number of rotatable bonds is 5. The van der Waals surface area contributed by atoms with E-state index < -0.39 is 5.60 Å². The maximum Gasteiger partial charge on any atom is 0.410 e. The molecule has 34 heavy (non-hydrogen) atoms. The average molecular weight is 457 g/mol. The van der Waals surface area contributed by atoms with Crippen molar-refractivity contribution in [3.8, 4) is 0 Å². The number of benzene rings is 2. The van der Waals surface area contributed by atoms with Crippen LogP contribution < -0.4 is 0 Å². The molecule has 0 saturated heterocycles. The molecule has 0 atom stereocenters. The Labute approximate surface area is 202 Å². The number of hydrogen-bond acceptors (Lipinski definition) is 4. The number of amidine groups is 1. The number of carbonyl (C=O) groups excluding carboxylic acids is 1. The summed E-state index contributed by atoms with van der Waals surface area (Å²) < 4.78 is 5.46. The van der Waals surface area contributed by atoms with E-state index in [1.54, 1.807) is 11.1 Å². The zero-order chi connectivity index (χ0) is 24.6. The molecule has 0 fully saturated rings. The van der Waals surface area contributed by atoms with Crippen LogP contribution in [0.15, 0.2) is 99.2 Å². The van der Waals surface area contributed by atoms with Gasteiger partial charge in [-0.05, 0) is 46.4 Å². The van der Waals surface area contributed by atoms with Crippen molar-refractivity contribution in [1.82, 2.24) is 4.90 Å². The molecule has 0 radical (unpaired) electrons. The van der Waals surface area contributed by atoms with Gasteiger partial charge in [-0.1, -0.05) is 66.7 Å². The number of nitrogens with zero attached hydrogens (tertiary/aromatic N) is 4. The lowest BCUT2D eigenvalue weighted by Gasteiger charge is -2.29. The van der Waals surface area contributed by atoms with E-state index in [1.807, 2.05) is 94.4 Å². The third-order valence-corrected chi connectivity index (χ3v) is 5.10. The van der Waals surface area contributed by atoms with Gasteiger partial charge in [-0.2, -0.15) is 0 Å². The average Bonchev–Trinajstić information content (AvgIpc) is 2.83. The molecule has 1 aliphatic rings. The SMILES string of the molecule is C=N/C(=C\N=C(C)N=C(c1ccccc1)c1ccccc1)C1=CCN(C(=O)OC(C)(C)C)CC1. The number of allylic oxidation sites excluding steroid dienone is 1. The van der Waals surface area contributed by atoms with Crippen LogP contribution >= 0.6 is 0 Å². The van der Waals surface area contributed by atoms with Crippen molar-refractivity contribution < 1.29 is 9.53 Å². The van der Waals surface area contributed by atoms with Crippen molar-refractivity contribution in [1.29, 1.82) is 0 Å². The highest BCUT2D eigenvalue weighted by Gasteiger charge is 2.24. The molecule has 6 nitrogen and oxygen atoms in total. The molecule has 6 heteroatoms. The fraction of sp³-hybridized carbons (Fsp3) is 0.286. The topological polar surface area (TPSA) is 66.6 Å². The number of ether oxygens (including phenoxy) is 1. The van der Waals surface area contributed by atoms with E-state index in [9.17, 15) is 4.79 Å². The van der Waals surface area contributed by atoms with Crippen molar-refractivity contribution >= 4 is 24.4 Å². The van der Waals surface area contributed by atoms with Gasteiger partial charge < -0.3 is 9.64 Å². The van der Waals surface area contributed by atoms with Crippen LogP contribution in [0.25, 0.3) is 0 Å². The van der Waals surface area contributed by atoms with Gasteiger partial charge in [-0.25, -0.2) is 14.8 Å². The van der Waals surface area contributed by atoms with E-state index >= 15 is 0 Å². The normalized spacial score (nSPS) is 14.8. The Morgan fingerprint density at radius 3 is 2.09 bits per heavy atom. The van der Waals surface area contributed by atoms with Crippen LogP contribution in [-0.2, 0) is 4.74 Å². The summed E-state index contributed by atoms with van der Waals surface area (Å²) in [5, 5.41) is 0. The van der Waals surface area contributed by atoms with E-state index in [0.717, 1.165) is 22.4 Å². The molecule has 2 aromatic rings. The molecule has 1 aliphatic heterocycles. The third kappa shape index (κ3) is 7.10. The summed E-state index contributed by atoms with van der Waals surface area (Å²) in [4.78, 5) is 27.5. The van der Waals surface area contributed by atoms with Gasteiger partial charge in [0.15, 0.2) is 0 Å². The maximum atomic E-state index is 12.3. The zero-order valence-corrected chi connectivity index (χ0v) is 20.4. The van der Waals surface area contributed by atoms with E-state index in [-0.39, 0.29) is 6.09 Å². The van der Waals surface area contributed by atoms with E-state index in [4.69, 9.17) is 9.73 Å². The van der Waals surface area contributed by atoms with Gasteiger partial charge >= 0.3 is 6.09 Å². The van der Waals surface area contributed by atoms with Crippen LogP contribution in [0.5, 0.6) is 0 Å². The first-order valence-corrected chi connectivity index (χ1v) is 11.3. The minimum absolute atomic E-state index is 0.308. The molecule has 2 aromatic carbocycles. The standard InChI is InChI=1S/C28H32N4O2/c1-21(31-26(23-12-8-6-9-13-23)24-14-10-7-11-15-24)30-20-25(29-5)22-16-18-32(19-17-22)27(33)34-28(2,3)4/h6-16,20H,5,17-19H2,1-4H3/b25-20-,30-21?. The molecule has 1 heterocycles. The Morgan fingerprint density at radius 1 is 1.03 bits per heavy atom. The Hall–Kier alpha value is -3.80. The van der Waals surface area contributed by atoms with Gasteiger partial charge in [-0.15, -0.1) is 0 Å². The monoisotopic (exact) mass is 456 g/mol. The molecule has 176 valence electrons. The number of aliphatic imine (C=N–C) groups is 3. The summed E-state index contributed by atoms with van der Waals surface area (Å²) in [6.45, 7) is 12.2. The molecule has 0 N–H and O–H groups in total. The van der Waals surface area contributed by atoms with Crippen LogP contribution in [0.1, 0.15) is 45.2 Å². The van der Waals surface area contributed by atoms with Gasteiger partial charge in [-0.3, -0.25) is 4.99 Å². The summed E-state index contributed by atoms with van der Waals surface area (Å²) in [6.07, 6.45) is 4.01. The number of hydrogen-bond donors (Lipinski definition) is 0. The Morgan fingerprint density at radius 2 is 1.62 bits per heavy atom. The molecule has 3 rings (SSSR count). The van der Waals surface area contributed by atoms with E-state index in [2.05, 4.69) is 16.7 Å². The molecule has 0 bridgehead atoms. The van der Waals surface area contributed by atoms with E-state index in [1.165, 1.54) is 0 Å². The highest BCUT2D eigenvalue weighted by Crippen LogP contribution is 2.22. The molecule has 0 saturated carbocycles. The van der Waals surface area contributed by atoms with Gasteiger partial charge in [0.2, 0.25) is 0 Å². The van der Waals surface area contributed by atoms with Crippen molar-refractivity contribution in [2.24, 2.45) is 15.0 Å². The lowest BCUT2D eigenvalue weighted by Crippen LogP contribution is -2.39. The molecule has 0 unspecified atom stereocenters. The lowest BCUT2D eigenvalue weighted by atomic mass is 10.0. The van der Waals surface area contributed by atoms with Crippen LogP contribution in [0, 0.1) is 0 Å². The van der Waals surface area contributed by atoms with Gasteiger partial charge in [0.05, 0.1) is 17.6 Å². The summed E-state index contributed by atoms with van der Waals surface area (Å²) in [5.74, 6) is 0.607. The fourth-order valence-electron chi connectivity index (χ4n) is 3.45. The number of amides is 1. The van der Waals surface area contributed by atoms with Crippen LogP contribution in [0.2, 0.25) is 0 Å². The van der Waals surface area contributed by atoms with Gasteiger partial charge in [0.1, 0.15) is 11.4 Å². The number of carbonyl (C=O) groups is 1. The molecule has 0 spiro atoms. The zero-order valence-electron chi connectivity index (χ0n) is 20.4. The Kier molecular flexibility index (Phi) is 8.30. The van der Waals surface area contributed by atoms with Crippen LogP contribution in [0.3, 0.4) is 0 Å². The first-order chi connectivity index (χ1) is 16.3. The van der Waals surface area contributed by atoms with Crippen molar-refractivity contribution in [3.05, 3.63) is 95.3 Å². The second-order valence-corrected chi connectivity index (χ2v) is 8.95. The quantitative estimate of drug-likeness (QED) is 0.406. The maximum absolute atomic E-state index is 12.3. The predicted molar refractivity (Wildman–Crippen MR) is 140 cm³/mol. The second kappa shape index (κ2) is 11.4. The molecular formula is C28H32N4O2. The van der Waals surface area contributed by atoms with Gasteiger partial charge in [0, 0.05) is 24.2 Å². The molecule has 0 aromatic heterocycles. The fourth-order valence-corrected chi connectivity index (χ4v) is 3.45. The van der Waals surface area contributed by atoms with Crippen molar-refractivity contribution in [2.45, 2.75) is 39.7 Å². The summed E-state index contributed by atoms with van der Waals surface area (Å²) in [7, 11) is 0. The van der Waals surface area contributed by atoms with Gasteiger partial charge in [0.25, 0.3) is 0 Å². The highest BCUT2D eigenvalue weighted by molar-refractivity contribution is 6.17. The second-order valence-electron chi connectivity index (χ2n) is 8.95. The Balaban J connectivity index is 1.80. The predicted octanol–water partition coefficient (Wildman–Crippen LogP) is 6.05. The Bertz CT molecular complexity index is 1080. The van der Waals surface area contributed by atoms with Crippen LogP contribution in [-0.4, -0.2) is 47.9 Å². The summed E-state index contributed by atoms with van der Waals surface area (Å²) in [6, 6.07) is 20.1. The van der Waals surface area contributed by atoms with Crippen LogP contribution in [0.4, 0.5) is 4.79 Å². The smallest absolute Gasteiger partial charge is 0.410 e. The largest absolute Gasteiger partial charge is 0.444 e. The van der Waals surface area contributed by atoms with Crippen molar-refractivity contribution in [3.63, 3.8) is 0 Å². The van der Waals surface area contributed by atoms with E-state index in [0.29, 0.717) is 31.0 Å².